The molecule has 2 rings (SSSR count). The highest BCUT2D eigenvalue weighted by Crippen LogP contribution is 2.40. The Labute approximate surface area is 211 Å². The van der Waals surface area contributed by atoms with Crippen LogP contribution in [0.5, 0.6) is 11.5 Å². The summed E-state index contributed by atoms with van der Waals surface area (Å²) in [5, 5.41) is 0.739. The third-order valence-electron chi connectivity index (χ3n) is 5.20. The first-order chi connectivity index (χ1) is 15.6. The largest absolute Gasteiger partial charge is 0.493 e. The topological polar surface area (TPSA) is 54.0 Å². The Morgan fingerprint density at radius 3 is 2.09 bits per heavy atom. The van der Waals surface area contributed by atoms with Gasteiger partial charge in [0.15, 0.2) is 5.75 Å². The molecule has 0 saturated heterocycles. The summed E-state index contributed by atoms with van der Waals surface area (Å²) in [5.74, 6) is 1.11. The summed E-state index contributed by atoms with van der Waals surface area (Å²) in [7, 11) is 1.68. The van der Waals surface area contributed by atoms with Gasteiger partial charge < -0.3 is 18.9 Å². The molecule has 0 fully saturated rings. The highest BCUT2D eigenvalue weighted by atomic mass is 35.5. The minimum absolute atomic E-state index is 0.0513. The van der Waals surface area contributed by atoms with E-state index >= 15 is 0 Å². The van der Waals surface area contributed by atoms with E-state index in [0.29, 0.717) is 34.9 Å². The van der Waals surface area contributed by atoms with Crippen LogP contribution in [0.15, 0.2) is 36.4 Å². The first-order valence-corrected chi connectivity index (χ1v) is 11.9. The molecule has 0 saturated carbocycles. The van der Waals surface area contributed by atoms with E-state index in [-0.39, 0.29) is 17.9 Å². The van der Waals surface area contributed by atoms with Crippen molar-refractivity contribution < 1.29 is 23.7 Å². The predicted molar refractivity (Wildman–Crippen MR) is 133 cm³/mol. The lowest BCUT2D eigenvalue weighted by Gasteiger charge is -2.27. The maximum absolute atomic E-state index is 11.2. The van der Waals surface area contributed by atoms with Crippen molar-refractivity contribution in [2.75, 3.05) is 32.8 Å². The number of hydrogen-bond donors (Lipinski definition) is 0. The van der Waals surface area contributed by atoms with E-state index in [2.05, 4.69) is 20.8 Å². The molecule has 0 aliphatic heterocycles. The molecule has 0 radical (unpaired) electrons. The molecule has 0 unspecified atom stereocenters. The average molecular weight is 518 g/mol. The summed E-state index contributed by atoms with van der Waals surface area (Å²) in [5.41, 5.74) is 1.64. The van der Waals surface area contributed by atoms with Crippen LogP contribution in [0.1, 0.15) is 38.8 Å². The van der Waals surface area contributed by atoms with Gasteiger partial charge in [0, 0.05) is 25.4 Å². The molecule has 0 spiro atoms. The van der Waals surface area contributed by atoms with Gasteiger partial charge in [-0.05, 0) is 35.4 Å². The molecule has 0 aliphatic rings. The minimum Gasteiger partial charge on any atom is -0.493 e. The zero-order valence-corrected chi connectivity index (χ0v) is 21.9. The number of alkyl halides is 1. The molecule has 33 heavy (non-hydrogen) atoms. The van der Waals surface area contributed by atoms with Gasteiger partial charge >= 0.3 is 5.97 Å². The van der Waals surface area contributed by atoms with Crippen molar-refractivity contribution in [1.29, 1.82) is 0 Å². The van der Waals surface area contributed by atoms with Crippen LogP contribution < -0.4 is 9.47 Å². The van der Waals surface area contributed by atoms with E-state index < -0.39 is 12.1 Å². The third-order valence-corrected chi connectivity index (χ3v) is 6.11. The molecule has 2 aromatic carbocycles. The zero-order chi connectivity index (χ0) is 24.6. The maximum atomic E-state index is 11.2. The van der Waals surface area contributed by atoms with Gasteiger partial charge in [0.2, 0.25) is 0 Å². The Balaban J connectivity index is 2.14. The number of benzene rings is 2. The van der Waals surface area contributed by atoms with Crippen molar-refractivity contribution in [3.8, 4) is 11.5 Å². The quantitative estimate of drug-likeness (QED) is 0.237. The van der Waals surface area contributed by atoms with Gasteiger partial charge in [0.05, 0.1) is 29.1 Å². The highest BCUT2D eigenvalue weighted by Gasteiger charge is 2.26. The predicted octanol–water partition coefficient (Wildman–Crippen LogP) is 6.53. The lowest BCUT2D eigenvalue weighted by Crippen LogP contribution is -2.26. The number of halogens is 3. The normalized spacial score (nSPS) is 13.3. The number of rotatable bonds is 12. The van der Waals surface area contributed by atoms with Crippen LogP contribution in [0.3, 0.4) is 0 Å². The monoisotopic (exact) mass is 516 g/mol. The first kappa shape index (κ1) is 27.6. The van der Waals surface area contributed by atoms with E-state index in [1.54, 1.807) is 7.11 Å². The standard InChI is InChI=1S/C25H31Cl3O5/c1-16(13-30-5)14-31-20-8-6-18(7-9-20)25(3,4)19-10-22(27)24(23(28)11-19)32-15-21(12-26)33-17(2)29/h6-11,16,21H,12-15H2,1-5H3/t16-,21+/m1/s1. The summed E-state index contributed by atoms with van der Waals surface area (Å²) in [4.78, 5) is 11.2. The van der Waals surface area contributed by atoms with Crippen molar-refractivity contribution in [2.45, 2.75) is 39.2 Å². The van der Waals surface area contributed by atoms with Gasteiger partial charge in [0.25, 0.3) is 0 Å². The fourth-order valence-corrected chi connectivity index (χ4v) is 4.03. The van der Waals surface area contributed by atoms with Gasteiger partial charge in [-0.15, -0.1) is 11.6 Å². The van der Waals surface area contributed by atoms with Gasteiger partial charge in [-0.25, -0.2) is 0 Å². The number of methoxy groups -OCH3 is 1. The molecule has 5 nitrogen and oxygen atoms in total. The second kappa shape index (κ2) is 12.7. The van der Waals surface area contributed by atoms with E-state index in [1.807, 2.05) is 36.4 Å². The Bertz CT molecular complexity index is 892. The van der Waals surface area contributed by atoms with Crippen LogP contribution in [0.25, 0.3) is 0 Å². The van der Waals surface area contributed by atoms with E-state index in [4.69, 9.17) is 53.8 Å². The van der Waals surface area contributed by atoms with Gasteiger partial charge in [0.1, 0.15) is 18.5 Å². The van der Waals surface area contributed by atoms with E-state index in [9.17, 15) is 4.79 Å². The van der Waals surface area contributed by atoms with Crippen molar-refractivity contribution in [3.05, 3.63) is 57.6 Å². The van der Waals surface area contributed by atoms with E-state index in [1.165, 1.54) is 6.92 Å². The molecular weight excluding hydrogens is 487 g/mol. The lowest BCUT2D eigenvalue weighted by atomic mass is 9.78. The highest BCUT2D eigenvalue weighted by molar-refractivity contribution is 6.37. The van der Waals surface area contributed by atoms with Crippen molar-refractivity contribution in [1.82, 2.24) is 0 Å². The molecule has 0 amide bonds. The van der Waals surface area contributed by atoms with Crippen molar-refractivity contribution >= 4 is 40.8 Å². The first-order valence-electron chi connectivity index (χ1n) is 10.7. The molecular formula is C25H31Cl3O5. The molecule has 8 heteroatoms. The Kier molecular flexibility index (Phi) is 10.6. The number of carbonyl (C=O) groups is 1. The van der Waals surface area contributed by atoms with Crippen LogP contribution in [0, 0.1) is 5.92 Å². The Morgan fingerprint density at radius 1 is 0.970 bits per heavy atom. The van der Waals surface area contributed by atoms with Gasteiger partial charge in [-0.3, -0.25) is 4.79 Å². The number of hydrogen-bond acceptors (Lipinski definition) is 5. The molecule has 0 aromatic heterocycles. The minimum atomic E-state index is -0.592. The van der Waals surface area contributed by atoms with Crippen LogP contribution >= 0.6 is 34.8 Å². The lowest BCUT2D eigenvalue weighted by molar-refractivity contribution is -0.146. The van der Waals surface area contributed by atoms with Crippen molar-refractivity contribution in [3.63, 3.8) is 0 Å². The van der Waals surface area contributed by atoms with E-state index in [0.717, 1.165) is 16.9 Å². The Morgan fingerprint density at radius 2 is 1.58 bits per heavy atom. The molecule has 0 N–H and O–H groups in total. The summed E-state index contributed by atoms with van der Waals surface area (Å²) in [6.07, 6.45) is -0.592. The smallest absolute Gasteiger partial charge is 0.303 e. The molecule has 2 aromatic rings. The van der Waals surface area contributed by atoms with Gasteiger partial charge in [-0.2, -0.15) is 0 Å². The van der Waals surface area contributed by atoms with Crippen LogP contribution in [0.2, 0.25) is 10.0 Å². The average Bonchev–Trinajstić information content (AvgIpc) is 2.76. The number of carbonyl (C=O) groups excluding carboxylic acids is 1. The summed E-state index contributed by atoms with van der Waals surface area (Å²) in [6, 6.07) is 11.7. The fraction of sp³-hybridized carbons (Fsp3) is 0.480. The molecule has 0 heterocycles. The molecule has 182 valence electrons. The fourth-order valence-electron chi connectivity index (χ4n) is 3.29. The zero-order valence-electron chi connectivity index (χ0n) is 19.6. The molecule has 0 bridgehead atoms. The number of esters is 1. The summed E-state index contributed by atoms with van der Waals surface area (Å²) in [6.45, 7) is 8.88. The van der Waals surface area contributed by atoms with Crippen LogP contribution in [0.4, 0.5) is 0 Å². The van der Waals surface area contributed by atoms with Gasteiger partial charge in [-0.1, -0.05) is 56.1 Å². The molecule has 0 aliphatic carbocycles. The maximum Gasteiger partial charge on any atom is 0.303 e. The third kappa shape index (κ3) is 7.96. The Hall–Kier alpha value is -1.66. The second-order valence-corrected chi connectivity index (χ2v) is 9.61. The van der Waals surface area contributed by atoms with Crippen molar-refractivity contribution in [2.24, 2.45) is 5.92 Å². The van der Waals surface area contributed by atoms with Crippen LogP contribution in [-0.2, 0) is 19.7 Å². The number of ether oxygens (including phenoxy) is 4. The second-order valence-electron chi connectivity index (χ2n) is 8.49. The summed E-state index contributed by atoms with van der Waals surface area (Å²) < 4.78 is 21.8. The summed E-state index contributed by atoms with van der Waals surface area (Å²) >= 11 is 18.8. The molecule has 2 atom stereocenters. The van der Waals surface area contributed by atoms with Crippen LogP contribution in [-0.4, -0.2) is 44.9 Å². The SMILES string of the molecule is COC[C@@H](C)COc1ccc(C(C)(C)c2cc(Cl)c(OC[C@H](CCl)OC(C)=O)c(Cl)c2)cc1.